The second kappa shape index (κ2) is 10.2. The lowest BCUT2D eigenvalue weighted by molar-refractivity contribution is 0.658. The maximum Gasteiger partial charge on any atom is 0.0619 e. The molecular formula is C52H37N. The number of rotatable bonds is 3. The third-order valence-electron chi connectivity index (χ3n) is 13.2. The molecule has 1 fully saturated rings. The predicted molar refractivity (Wildman–Crippen MR) is 221 cm³/mol. The van der Waals surface area contributed by atoms with E-state index in [0.29, 0.717) is 5.92 Å². The summed E-state index contributed by atoms with van der Waals surface area (Å²) in [6.07, 6.45) is 1.15. The molecule has 3 aliphatic carbocycles. The first-order valence-corrected chi connectivity index (χ1v) is 19.0. The quantitative estimate of drug-likeness (QED) is 0.176. The zero-order chi connectivity index (χ0) is 35.1. The average molecular weight is 676 g/mol. The molecule has 0 aliphatic heterocycles. The van der Waals surface area contributed by atoms with Crippen molar-refractivity contribution in [3.63, 3.8) is 0 Å². The molecule has 0 amide bonds. The van der Waals surface area contributed by atoms with Gasteiger partial charge in [0.15, 0.2) is 0 Å². The van der Waals surface area contributed by atoms with Crippen molar-refractivity contribution in [3.05, 3.63) is 198 Å². The second-order valence-corrected chi connectivity index (χ2v) is 16.1. The molecule has 53 heavy (non-hydrogen) atoms. The van der Waals surface area contributed by atoms with Crippen molar-refractivity contribution in [2.75, 3.05) is 0 Å². The molecule has 250 valence electrons. The van der Waals surface area contributed by atoms with Crippen molar-refractivity contribution in [1.29, 1.82) is 0 Å². The maximum absolute atomic E-state index is 2.58. The van der Waals surface area contributed by atoms with Crippen molar-refractivity contribution in [2.45, 2.75) is 37.0 Å². The summed E-state index contributed by atoms with van der Waals surface area (Å²) in [5.41, 5.74) is 19.1. The van der Waals surface area contributed by atoms with Crippen LogP contribution in [0.4, 0.5) is 0 Å². The Labute approximate surface area is 309 Å². The highest BCUT2D eigenvalue weighted by atomic mass is 15.0. The van der Waals surface area contributed by atoms with E-state index in [0.717, 1.165) is 6.42 Å². The topological polar surface area (TPSA) is 4.93 Å². The Kier molecular flexibility index (Phi) is 5.68. The van der Waals surface area contributed by atoms with Crippen molar-refractivity contribution < 1.29 is 0 Å². The van der Waals surface area contributed by atoms with Crippen LogP contribution in [0.5, 0.6) is 0 Å². The number of benzene rings is 8. The summed E-state index contributed by atoms with van der Waals surface area (Å²) < 4.78 is 2.55. The highest BCUT2D eigenvalue weighted by Crippen LogP contribution is 2.71. The van der Waals surface area contributed by atoms with Crippen molar-refractivity contribution in [1.82, 2.24) is 4.57 Å². The lowest BCUT2D eigenvalue weighted by Gasteiger charge is -2.23. The van der Waals surface area contributed by atoms with Crippen molar-refractivity contribution in [3.8, 4) is 39.1 Å². The van der Waals surface area contributed by atoms with E-state index in [2.05, 4.69) is 188 Å². The van der Waals surface area contributed by atoms with Gasteiger partial charge in [-0.3, -0.25) is 0 Å². The molecule has 1 saturated carbocycles. The first-order chi connectivity index (χ1) is 26.0. The molecule has 0 bridgehead atoms. The van der Waals surface area contributed by atoms with Crippen LogP contribution in [-0.4, -0.2) is 4.57 Å². The summed E-state index contributed by atoms with van der Waals surface area (Å²) in [6, 6.07) is 64.1. The van der Waals surface area contributed by atoms with Gasteiger partial charge in [-0.15, -0.1) is 0 Å². The molecule has 9 aromatic rings. The summed E-state index contributed by atoms with van der Waals surface area (Å²) in [7, 11) is 0. The number of para-hydroxylation sites is 1. The Bertz CT molecular complexity index is 3010. The lowest BCUT2D eigenvalue weighted by Crippen LogP contribution is -2.15. The van der Waals surface area contributed by atoms with Gasteiger partial charge in [-0.1, -0.05) is 166 Å². The van der Waals surface area contributed by atoms with Crippen LogP contribution in [0.15, 0.2) is 170 Å². The maximum atomic E-state index is 2.58. The van der Waals surface area contributed by atoms with E-state index in [1.54, 1.807) is 0 Å². The van der Waals surface area contributed by atoms with E-state index in [-0.39, 0.29) is 10.8 Å². The molecule has 0 saturated heterocycles. The summed E-state index contributed by atoms with van der Waals surface area (Å²) in [5.74, 6) is 0.445. The molecule has 0 N–H and O–H groups in total. The van der Waals surface area contributed by atoms with Crippen LogP contribution in [0.3, 0.4) is 0 Å². The molecule has 12 rings (SSSR count). The molecule has 1 heterocycles. The number of fused-ring (bicyclic) bond motifs is 13. The van der Waals surface area contributed by atoms with Crippen LogP contribution >= 0.6 is 0 Å². The predicted octanol–water partition coefficient (Wildman–Crippen LogP) is 13.4. The molecular weight excluding hydrogens is 639 g/mol. The Morgan fingerprint density at radius 1 is 0.491 bits per heavy atom. The zero-order valence-corrected chi connectivity index (χ0v) is 29.9. The fourth-order valence-electron chi connectivity index (χ4n) is 10.6. The van der Waals surface area contributed by atoms with Gasteiger partial charge in [0.1, 0.15) is 0 Å². The highest BCUT2D eigenvalue weighted by Gasteiger charge is 2.61. The summed E-state index contributed by atoms with van der Waals surface area (Å²) >= 11 is 0. The largest absolute Gasteiger partial charge is 0.308 e. The zero-order valence-electron chi connectivity index (χ0n) is 29.9. The Morgan fingerprint density at radius 3 is 2.15 bits per heavy atom. The van der Waals surface area contributed by atoms with Gasteiger partial charge >= 0.3 is 0 Å². The van der Waals surface area contributed by atoms with Gasteiger partial charge in [0, 0.05) is 32.6 Å². The van der Waals surface area contributed by atoms with E-state index in [1.807, 2.05) is 0 Å². The minimum atomic E-state index is -0.129. The van der Waals surface area contributed by atoms with Gasteiger partial charge in [0.25, 0.3) is 0 Å². The van der Waals surface area contributed by atoms with Crippen LogP contribution in [-0.2, 0) is 10.8 Å². The number of hydrogen-bond donors (Lipinski definition) is 0. The average Bonchev–Trinajstić information content (AvgIpc) is 3.70. The van der Waals surface area contributed by atoms with Gasteiger partial charge < -0.3 is 4.57 Å². The smallest absolute Gasteiger partial charge is 0.0619 e. The van der Waals surface area contributed by atoms with Gasteiger partial charge in [-0.25, -0.2) is 0 Å². The Morgan fingerprint density at radius 2 is 1.25 bits per heavy atom. The van der Waals surface area contributed by atoms with E-state index in [4.69, 9.17) is 0 Å². The first kappa shape index (κ1) is 29.4. The number of hydrogen-bond acceptors (Lipinski definition) is 0. The number of aromatic nitrogens is 1. The normalized spacial score (nSPS) is 18.7. The molecule has 1 aromatic heterocycles. The SMILES string of the molecule is CC1(C)c2cc(C3CC34c3ccccc3-c3cc(-c5ccccc5)ccc34)ccc2-c2c(-n3c4ccccc4c4ccc5ccccc5c43)cccc21. The summed E-state index contributed by atoms with van der Waals surface area (Å²) in [6.45, 7) is 4.86. The van der Waals surface area contributed by atoms with Crippen LogP contribution in [0, 0.1) is 0 Å². The molecule has 2 unspecified atom stereocenters. The molecule has 8 aromatic carbocycles. The molecule has 2 atom stereocenters. The number of nitrogens with zero attached hydrogens (tertiary/aromatic N) is 1. The molecule has 1 spiro atoms. The summed E-state index contributed by atoms with van der Waals surface area (Å²) in [4.78, 5) is 0. The van der Waals surface area contributed by atoms with Crippen LogP contribution < -0.4 is 0 Å². The van der Waals surface area contributed by atoms with Gasteiger partial charge in [-0.05, 0) is 91.6 Å². The van der Waals surface area contributed by atoms with E-state index in [1.165, 1.54) is 99.5 Å². The Hall–Kier alpha value is -6.18. The van der Waals surface area contributed by atoms with Crippen LogP contribution in [0.2, 0.25) is 0 Å². The first-order valence-electron chi connectivity index (χ1n) is 19.0. The van der Waals surface area contributed by atoms with Gasteiger partial charge in [-0.2, -0.15) is 0 Å². The minimum absolute atomic E-state index is 0.0279. The molecule has 0 radical (unpaired) electrons. The monoisotopic (exact) mass is 675 g/mol. The van der Waals surface area contributed by atoms with Gasteiger partial charge in [0.2, 0.25) is 0 Å². The standard InChI is InChI=1S/C52H37N/c1-51(2)44-20-12-22-48(53-47-21-11-9-18-38(47)39-26-23-33-15-6-7-16-36(33)50(39)53)49(44)40-27-24-35(30-45(40)51)46-31-52(46)42-19-10-8-17-37(42)41-29-34(25-28-43(41)52)32-13-4-3-5-14-32/h3-30,46H,31H2,1-2H3. The van der Waals surface area contributed by atoms with Crippen molar-refractivity contribution >= 4 is 32.6 Å². The minimum Gasteiger partial charge on any atom is -0.308 e. The fraction of sp³-hybridized carbons (Fsp3) is 0.115. The molecule has 3 aliphatic rings. The van der Waals surface area contributed by atoms with E-state index >= 15 is 0 Å². The highest BCUT2D eigenvalue weighted by molar-refractivity contribution is 6.19. The second-order valence-electron chi connectivity index (χ2n) is 16.1. The van der Waals surface area contributed by atoms with Crippen molar-refractivity contribution in [2.24, 2.45) is 0 Å². The van der Waals surface area contributed by atoms with E-state index in [9.17, 15) is 0 Å². The third kappa shape index (κ3) is 3.77. The fourth-order valence-corrected chi connectivity index (χ4v) is 10.6. The van der Waals surface area contributed by atoms with E-state index < -0.39 is 0 Å². The molecule has 1 nitrogen and oxygen atoms in total. The summed E-state index contributed by atoms with van der Waals surface area (Å²) in [5, 5.41) is 5.16. The Balaban J connectivity index is 1.03. The third-order valence-corrected chi connectivity index (χ3v) is 13.2. The van der Waals surface area contributed by atoms with Crippen LogP contribution in [0.1, 0.15) is 54.0 Å². The molecule has 1 heteroatoms. The lowest BCUT2D eigenvalue weighted by atomic mass is 9.81. The van der Waals surface area contributed by atoms with Crippen LogP contribution in [0.25, 0.3) is 71.6 Å². The van der Waals surface area contributed by atoms with Gasteiger partial charge in [0.05, 0.1) is 16.7 Å².